The topological polar surface area (TPSA) is 55.9 Å². The molecule has 2 saturated heterocycles. The Hall–Kier alpha value is -2.57. The largest absolute Gasteiger partial charge is 0.368 e. The fraction of sp³-hybridized carbons (Fsp3) is 0.417. The lowest BCUT2D eigenvalue weighted by Gasteiger charge is -2.36. The molecule has 1 unspecified atom stereocenters. The first-order chi connectivity index (χ1) is 15.1. The number of likely N-dealkylation sites (tertiary alicyclic amines) is 1. The fourth-order valence-corrected chi connectivity index (χ4v) is 4.51. The first-order valence-corrected chi connectivity index (χ1v) is 11.3. The van der Waals surface area contributed by atoms with E-state index in [-0.39, 0.29) is 24.4 Å². The number of nitrogens with zero attached hydrogens (tertiary/aromatic N) is 3. The number of carbonyl (C=O) groups is 2. The standard InChI is InChI=1S/C24H29ClN4O2/c25-20-8-10-21(11-9-20)27-13-15-28(16-14-27)23(30)17-26-24(31)22-7-4-12-29(22)18-19-5-2-1-3-6-19/h1-3,5-6,8-11,22H,4,7,12-18H2,(H,26,31). The molecule has 1 atom stereocenters. The van der Waals surface area contributed by atoms with Crippen LogP contribution in [0.4, 0.5) is 5.69 Å². The van der Waals surface area contributed by atoms with E-state index in [0.29, 0.717) is 13.1 Å². The monoisotopic (exact) mass is 440 g/mol. The van der Waals surface area contributed by atoms with E-state index in [9.17, 15) is 9.59 Å². The lowest BCUT2D eigenvalue weighted by molar-refractivity contribution is -0.134. The molecule has 2 aliphatic rings. The molecule has 2 amide bonds. The Labute approximate surface area is 188 Å². The number of rotatable bonds is 6. The van der Waals surface area contributed by atoms with Crippen molar-refractivity contribution in [2.75, 3.05) is 44.2 Å². The highest BCUT2D eigenvalue weighted by Gasteiger charge is 2.31. The first-order valence-electron chi connectivity index (χ1n) is 10.9. The number of halogens is 1. The minimum atomic E-state index is -0.158. The Morgan fingerprint density at radius 3 is 2.35 bits per heavy atom. The zero-order chi connectivity index (χ0) is 21.6. The minimum Gasteiger partial charge on any atom is -0.368 e. The molecule has 164 valence electrons. The van der Waals surface area contributed by atoms with Gasteiger partial charge in [-0.2, -0.15) is 0 Å². The second-order valence-corrected chi connectivity index (χ2v) is 8.61. The number of hydrogen-bond donors (Lipinski definition) is 1. The molecule has 0 aliphatic carbocycles. The van der Waals surface area contributed by atoms with Gasteiger partial charge in [-0.25, -0.2) is 0 Å². The van der Waals surface area contributed by atoms with Crippen molar-refractivity contribution in [3.63, 3.8) is 0 Å². The van der Waals surface area contributed by atoms with E-state index in [4.69, 9.17) is 11.6 Å². The van der Waals surface area contributed by atoms with Crippen molar-refractivity contribution in [3.8, 4) is 0 Å². The Morgan fingerprint density at radius 1 is 0.935 bits per heavy atom. The summed E-state index contributed by atoms with van der Waals surface area (Å²) in [6, 6.07) is 17.8. The molecular formula is C24H29ClN4O2. The second-order valence-electron chi connectivity index (χ2n) is 8.18. The van der Waals surface area contributed by atoms with E-state index >= 15 is 0 Å². The van der Waals surface area contributed by atoms with Crippen LogP contribution in [0.2, 0.25) is 5.02 Å². The smallest absolute Gasteiger partial charge is 0.242 e. The molecule has 2 fully saturated rings. The van der Waals surface area contributed by atoms with Crippen LogP contribution in [0.25, 0.3) is 0 Å². The zero-order valence-corrected chi connectivity index (χ0v) is 18.4. The van der Waals surface area contributed by atoms with Crippen LogP contribution < -0.4 is 10.2 Å². The third-order valence-electron chi connectivity index (χ3n) is 6.13. The summed E-state index contributed by atoms with van der Waals surface area (Å²) in [4.78, 5) is 31.7. The van der Waals surface area contributed by atoms with Crippen molar-refractivity contribution in [1.82, 2.24) is 15.1 Å². The van der Waals surface area contributed by atoms with Crippen molar-refractivity contribution in [3.05, 3.63) is 65.2 Å². The number of benzene rings is 2. The normalized spacial score (nSPS) is 19.5. The average molecular weight is 441 g/mol. The number of anilines is 1. The molecule has 0 radical (unpaired) electrons. The summed E-state index contributed by atoms with van der Waals surface area (Å²) in [5.74, 6) is -0.0571. The number of piperazine rings is 1. The highest BCUT2D eigenvalue weighted by atomic mass is 35.5. The summed E-state index contributed by atoms with van der Waals surface area (Å²) in [7, 11) is 0. The van der Waals surface area contributed by atoms with Gasteiger partial charge in [0, 0.05) is 43.4 Å². The van der Waals surface area contributed by atoms with Crippen molar-refractivity contribution in [2.45, 2.75) is 25.4 Å². The summed E-state index contributed by atoms with van der Waals surface area (Å²) in [6.07, 6.45) is 1.85. The van der Waals surface area contributed by atoms with Gasteiger partial charge in [0.25, 0.3) is 0 Å². The molecule has 2 aromatic carbocycles. The lowest BCUT2D eigenvalue weighted by Crippen LogP contribution is -2.52. The maximum atomic E-state index is 12.8. The Balaban J connectivity index is 1.23. The van der Waals surface area contributed by atoms with Gasteiger partial charge in [0.1, 0.15) is 0 Å². The van der Waals surface area contributed by atoms with Gasteiger partial charge in [0.15, 0.2) is 0 Å². The van der Waals surface area contributed by atoms with Crippen molar-refractivity contribution in [1.29, 1.82) is 0 Å². The van der Waals surface area contributed by atoms with E-state index in [1.165, 1.54) is 5.56 Å². The second kappa shape index (κ2) is 10.2. The van der Waals surface area contributed by atoms with Crippen LogP contribution in [-0.2, 0) is 16.1 Å². The highest BCUT2D eigenvalue weighted by molar-refractivity contribution is 6.30. The van der Waals surface area contributed by atoms with E-state index in [2.05, 4.69) is 27.2 Å². The van der Waals surface area contributed by atoms with Gasteiger partial charge < -0.3 is 15.1 Å². The summed E-state index contributed by atoms with van der Waals surface area (Å²) in [6.45, 7) is 4.59. The third-order valence-corrected chi connectivity index (χ3v) is 6.38. The van der Waals surface area contributed by atoms with Gasteiger partial charge >= 0.3 is 0 Å². The molecule has 0 saturated carbocycles. The van der Waals surface area contributed by atoms with Crippen LogP contribution in [-0.4, -0.2) is 66.9 Å². The quantitative estimate of drug-likeness (QED) is 0.750. The molecule has 31 heavy (non-hydrogen) atoms. The predicted octanol–water partition coefficient (Wildman–Crippen LogP) is 2.77. The summed E-state index contributed by atoms with van der Waals surface area (Å²) < 4.78 is 0. The summed E-state index contributed by atoms with van der Waals surface area (Å²) in [5.41, 5.74) is 2.32. The molecule has 2 aromatic rings. The number of hydrogen-bond acceptors (Lipinski definition) is 4. The summed E-state index contributed by atoms with van der Waals surface area (Å²) >= 11 is 5.96. The third kappa shape index (κ3) is 5.57. The zero-order valence-electron chi connectivity index (χ0n) is 17.7. The van der Waals surface area contributed by atoms with Crippen LogP contribution >= 0.6 is 11.6 Å². The number of nitrogens with one attached hydrogen (secondary N) is 1. The van der Waals surface area contributed by atoms with Crippen LogP contribution in [0.3, 0.4) is 0 Å². The van der Waals surface area contributed by atoms with Gasteiger partial charge in [0.05, 0.1) is 12.6 Å². The lowest BCUT2D eigenvalue weighted by atomic mass is 10.1. The fourth-order valence-electron chi connectivity index (χ4n) is 4.39. The average Bonchev–Trinajstić information content (AvgIpc) is 3.27. The van der Waals surface area contributed by atoms with E-state index in [1.807, 2.05) is 47.4 Å². The van der Waals surface area contributed by atoms with Gasteiger partial charge in [-0.05, 0) is 49.2 Å². The van der Waals surface area contributed by atoms with Crippen molar-refractivity contribution in [2.24, 2.45) is 0 Å². The van der Waals surface area contributed by atoms with Gasteiger partial charge in [0.2, 0.25) is 11.8 Å². The molecule has 7 heteroatoms. The molecule has 2 aliphatic heterocycles. The minimum absolute atomic E-state index is 0.0169. The van der Waals surface area contributed by atoms with Crippen molar-refractivity contribution < 1.29 is 9.59 Å². The van der Waals surface area contributed by atoms with Crippen LogP contribution in [0.15, 0.2) is 54.6 Å². The predicted molar refractivity (Wildman–Crippen MR) is 123 cm³/mol. The highest BCUT2D eigenvalue weighted by Crippen LogP contribution is 2.21. The van der Waals surface area contributed by atoms with E-state index in [0.717, 1.165) is 49.7 Å². The molecule has 0 bridgehead atoms. The van der Waals surface area contributed by atoms with E-state index < -0.39 is 0 Å². The molecular weight excluding hydrogens is 412 g/mol. The van der Waals surface area contributed by atoms with Gasteiger partial charge in [-0.3, -0.25) is 14.5 Å². The molecule has 1 N–H and O–H groups in total. The molecule has 0 aromatic heterocycles. The summed E-state index contributed by atoms with van der Waals surface area (Å²) in [5, 5.41) is 3.61. The SMILES string of the molecule is O=C(NCC(=O)N1CCN(c2ccc(Cl)cc2)CC1)C1CCCN1Cc1ccccc1. The van der Waals surface area contributed by atoms with Gasteiger partial charge in [-0.15, -0.1) is 0 Å². The van der Waals surface area contributed by atoms with Crippen LogP contribution in [0.5, 0.6) is 0 Å². The van der Waals surface area contributed by atoms with Crippen molar-refractivity contribution >= 4 is 29.1 Å². The Morgan fingerprint density at radius 2 is 1.65 bits per heavy atom. The van der Waals surface area contributed by atoms with Crippen LogP contribution in [0, 0.1) is 0 Å². The maximum Gasteiger partial charge on any atom is 0.242 e. The van der Waals surface area contributed by atoms with Crippen LogP contribution in [0.1, 0.15) is 18.4 Å². The number of carbonyl (C=O) groups excluding carboxylic acids is 2. The van der Waals surface area contributed by atoms with E-state index in [1.54, 1.807) is 0 Å². The number of amides is 2. The van der Waals surface area contributed by atoms with Gasteiger partial charge in [-0.1, -0.05) is 41.9 Å². The first kappa shape index (κ1) is 21.7. The molecule has 4 rings (SSSR count). The maximum absolute atomic E-state index is 12.8. The molecule has 0 spiro atoms. The molecule has 6 nitrogen and oxygen atoms in total. The Bertz CT molecular complexity index is 882. The Kier molecular flexibility index (Phi) is 7.10. The molecule has 2 heterocycles.